The van der Waals surface area contributed by atoms with E-state index in [9.17, 15) is 4.79 Å². The predicted octanol–water partition coefficient (Wildman–Crippen LogP) is 1.65. The largest absolute Gasteiger partial charge is 0.381 e. The van der Waals surface area contributed by atoms with Gasteiger partial charge in [-0.2, -0.15) is 0 Å². The van der Waals surface area contributed by atoms with Crippen LogP contribution in [0.5, 0.6) is 0 Å². The van der Waals surface area contributed by atoms with Crippen molar-refractivity contribution in [2.45, 2.75) is 36.9 Å². The topological polar surface area (TPSA) is 81.9 Å². The summed E-state index contributed by atoms with van der Waals surface area (Å²) in [7, 11) is 0. The van der Waals surface area contributed by atoms with Gasteiger partial charge in [-0.25, -0.2) is 4.68 Å². The minimum atomic E-state index is -0.0508. The van der Waals surface area contributed by atoms with Crippen LogP contribution in [0.4, 0.5) is 0 Å². The summed E-state index contributed by atoms with van der Waals surface area (Å²) in [4.78, 5) is 12.3. The summed E-state index contributed by atoms with van der Waals surface area (Å²) in [6.07, 6.45) is 1.83. The maximum atomic E-state index is 12.3. The van der Waals surface area contributed by atoms with Gasteiger partial charge in [-0.05, 0) is 35.8 Å². The maximum absolute atomic E-state index is 12.3. The van der Waals surface area contributed by atoms with E-state index in [1.807, 2.05) is 13.0 Å². The molecule has 0 bridgehead atoms. The second-order valence-electron chi connectivity index (χ2n) is 6.10. The van der Waals surface area contributed by atoms with Crippen LogP contribution in [0.3, 0.4) is 0 Å². The lowest BCUT2D eigenvalue weighted by molar-refractivity contribution is -0.119. The first-order chi connectivity index (χ1) is 12.2. The third-order valence-electron chi connectivity index (χ3n) is 4.59. The second-order valence-corrected chi connectivity index (χ2v) is 7.04. The zero-order valence-electron chi connectivity index (χ0n) is 14.4. The van der Waals surface area contributed by atoms with Crippen LogP contribution in [0.15, 0.2) is 35.5 Å². The highest BCUT2D eigenvalue weighted by molar-refractivity contribution is 7.99. The number of carbonyl (C=O) groups excluding carboxylic acids is 1. The van der Waals surface area contributed by atoms with Crippen molar-refractivity contribution in [2.75, 3.05) is 25.5 Å². The third-order valence-corrected chi connectivity index (χ3v) is 5.55. The smallest absolute Gasteiger partial charge is 0.230 e. The van der Waals surface area contributed by atoms with Gasteiger partial charge < -0.3 is 10.1 Å². The highest BCUT2D eigenvalue weighted by Gasteiger charge is 2.34. The minimum absolute atomic E-state index is 0.00236. The van der Waals surface area contributed by atoms with E-state index in [0.29, 0.717) is 24.0 Å². The zero-order chi connectivity index (χ0) is 17.5. The first-order valence-corrected chi connectivity index (χ1v) is 9.51. The van der Waals surface area contributed by atoms with Gasteiger partial charge in [-0.1, -0.05) is 42.1 Å². The molecule has 0 aliphatic carbocycles. The van der Waals surface area contributed by atoms with Gasteiger partial charge >= 0.3 is 0 Å². The fraction of sp³-hybridized carbons (Fsp3) is 0.529. The number of rotatable bonds is 7. The number of benzene rings is 1. The average molecular weight is 361 g/mol. The molecule has 0 atom stereocenters. The lowest BCUT2D eigenvalue weighted by atomic mass is 9.74. The van der Waals surface area contributed by atoms with Crippen LogP contribution < -0.4 is 5.32 Å². The van der Waals surface area contributed by atoms with E-state index >= 15 is 0 Å². The predicted molar refractivity (Wildman–Crippen MR) is 95.4 cm³/mol. The molecule has 1 N–H and O–H groups in total. The number of hydrogen-bond donors (Lipinski definition) is 1. The summed E-state index contributed by atoms with van der Waals surface area (Å²) in [6.45, 7) is 4.73. The molecule has 8 heteroatoms. The van der Waals surface area contributed by atoms with E-state index in [4.69, 9.17) is 4.74 Å². The maximum Gasteiger partial charge on any atom is 0.230 e. The molecule has 25 heavy (non-hydrogen) atoms. The number of nitrogens with zero attached hydrogens (tertiary/aromatic N) is 4. The normalized spacial score (nSPS) is 16.5. The van der Waals surface area contributed by atoms with Crippen LogP contribution >= 0.6 is 11.8 Å². The van der Waals surface area contributed by atoms with Gasteiger partial charge in [-0.15, -0.1) is 5.10 Å². The van der Waals surface area contributed by atoms with Gasteiger partial charge in [0.05, 0.1) is 5.75 Å². The monoisotopic (exact) mass is 361 g/mol. The molecule has 0 saturated carbocycles. The minimum Gasteiger partial charge on any atom is -0.381 e. The zero-order valence-corrected chi connectivity index (χ0v) is 15.2. The quantitative estimate of drug-likeness (QED) is 0.755. The number of hydrogen-bond acceptors (Lipinski definition) is 6. The molecule has 7 nitrogen and oxygen atoms in total. The van der Waals surface area contributed by atoms with Crippen LogP contribution in [0.1, 0.15) is 25.3 Å². The molecule has 1 aliphatic heterocycles. The number of thioether (sulfide) groups is 1. The molecule has 1 saturated heterocycles. The molecule has 0 unspecified atom stereocenters. The number of amides is 1. The molecular weight excluding hydrogens is 338 g/mol. The van der Waals surface area contributed by atoms with Crippen molar-refractivity contribution in [1.29, 1.82) is 0 Å². The molecule has 134 valence electrons. The Labute approximate surface area is 151 Å². The van der Waals surface area contributed by atoms with Gasteiger partial charge in [0.25, 0.3) is 0 Å². The van der Waals surface area contributed by atoms with Crippen molar-refractivity contribution in [1.82, 2.24) is 25.5 Å². The van der Waals surface area contributed by atoms with Crippen LogP contribution in [-0.4, -0.2) is 51.6 Å². The standard InChI is InChI=1S/C17H23N5O2S/c1-2-22-16(19-20-21-22)25-12-15(23)18-13-17(8-10-24-11-9-17)14-6-4-3-5-7-14/h3-7H,2,8-13H2,1H3,(H,18,23). The number of aryl methyl sites for hydroxylation is 1. The molecule has 1 aromatic heterocycles. The molecular formula is C17H23N5O2S. The van der Waals surface area contributed by atoms with E-state index in [2.05, 4.69) is 45.1 Å². The summed E-state index contributed by atoms with van der Waals surface area (Å²) in [5, 5.41) is 15.2. The third kappa shape index (κ3) is 4.38. The lowest BCUT2D eigenvalue weighted by Crippen LogP contribution is -2.45. The van der Waals surface area contributed by atoms with E-state index in [0.717, 1.165) is 26.1 Å². The lowest BCUT2D eigenvalue weighted by Gasteiger charge is -2.38. The van der Waals surface area contributed by atoms with E-state index in [1.54, 1.807) is 4.68 Å². The second kappa shape index (κ2) is 8.44. The fourth-order valence-electron chi connectivity index (χ4n) is 3.07. The Kier molecular flexibility index (Phi) is 6.04. The Hall–Kier alpha value is -1.93. The Balaban J connectivity index is 1.58. The molecule has 1 amide bonds. The summed E-state index contributed by atoms with van der Waals surface area (Å²) >= 11 is 1.36. The van der Waals surface area contributed by atoms with Crippen LogP contribution in [0.25, 0.3) is 0 Å². The van der Waals surface area contributed by atoms with E-state index < -0.39 is 0 Å². The summed E-state index contributed by atoms with van der Waals surface area (Å²) < 4.78 is 7.22. The summed E-state index contributed by atoms with van der Waals surface area (Å²) in [5.41, 5.74) is 1.21. The summed E-state index contributed by atoms with van der Waals surface area (Å²) in [6, 6.07) is 10.4. The number of carbonyl (C=O) groups is 1. The van der Waals surface area contributed by atoms with Crippen LogP contribution in [0, 0.1) is 0 Å². The van der Waals surface area contributed by atoms with Crippen LogP contribution in [0.2, 0.25) is 0 Å². The highest BCUT2D eigenvalue weighted by Crippen LogP contribution is 2.34. The number of tetrazole rings is 1. The highest BCUT2D eigenvalue weighted by atomic mass is 32.2. The molecule has 0 radical (unpaired) electrons. The summed E-state index contributed by atoms with van der Waals surface area (Å²) in [5.74, 6) is 0.305. The molecule has 1 aliphatic rings. The van der Waals surface area contributed by atoms with Crippen molar-refractivity contribution in [3.8, 4) is 0 Å². The van der Waals surface area contributed by atoms with Gasteiger partial charge in [0, 0.05) is 31.7 Å². The van der Waals surface area contributed by atoms with Crippen molar-refractivity contribution in [3.05, 3.63) is 35.9 Å². The van der Waals surface area contributed by atoms with Crippen LogP contribution in [-0.2, 0) is 21.5 Å². The Morgan fingerprint density at radius 3 is 2.80 bits per heavy atom. The molecule has 1 aromatic carbocycles. The molecule has 3 rings (SSSR count). The van der Waals surface area contributed by atoms with Gasteiger partial charge in [0.1, 0.15) is 0 Å². The van der Waals surface area contributed by atoms with Gasteiger partial charge in [0.2, 0.25) is 11.1 Å². The molecule has 2 aromatic rings. The molecule has 1 fully saturated rings. The Morgan fingerprint density at radius 1 is 1.32 bits per heavy atom. The Morgan fingerprint density at radius 2 is 2.08 bits per heavy atom. The SMILES string of the molecule is CCn1nnnc1SCC(=O)NCC1(c2ccccc2)CCOCC1. The molecule has 2 heterocycles. The first kappa shape index (κ1) is 17.9. The van der Waals surface area contributed by atoms with E-state index in [-0.39, 0.29) is 11.3 Å². The van der Waals surface area contributed by atoms with Crippen molar-refractivity contribution in [2.24, 2.45) is 0 Å². The average Bonchev–Trinajstić information content (AvgIpc) is 3.14. The molecule has 0 spiro atoms. The van der Waals surface area contributed by atoms with Gasteiger partial charge in [-0.3, -0.25) is 4.79 Å². The number of nitrogens with one attached hydrogen (secondary N) is 1. The van der Waals surface area contributed by atoms with Crippen molar-refractivity contribution < 1.29 is 9.53 Å². The number of aromatic nitrogens is 4. The van der Waals surface area contributed by atoms with Gasteiger partial charge in [0.15, 0.2) is 0 Å². The van der Waals surface area contributed by atoms with Crippen molar-refractivity contribution >= 4 is 17.7 Å². The fourth-order valence-corrected chi connectivity index (χ4v) is 3.84. The van der Waals surface area contributed by atoms with E-state index in [1.165, 1.54) is 17.3 Å². The number of ether oxygens (including phenoxy) is 1. The first-order valence-electron chi connectivity index (χ1n) is 8.52. The van der Waals surface area contributed by atoms with Crippen molar-refractivity contribution in [3.63, 3.8) is 0 Å². The Bertz CT molecular complexity index is 685.